The Morgan fingerprint density at radius 3 is 2.49 bits per heavy atom. The van der Waals surface area contributed by atoms with Crippen LogP contribution in [0.25, 0.3) is 0 Å². The molecule has 2 aromatic rings. The molecule has 10 heteroatoms. The smallest absolute Gasteiger partial charge is 0.255 e. The van der Waals surface area contributed by atoms with Crippen LogP contribution in [0.4, 0.5) is 4.53 Å². The van der Waals surface area contributed by atoms with E-state index in [1.165, 1.54) is 60.8 Å². The predicted octanol–water partition coefficient (Wildman–Crippen LogP) is 4.65. The summed E-state index contributed by atoms with van der Waals surface area (Å²) in [6, 6.07) is 12.4. The first-order valence-corrected chi connectivity index (χ1v) is 13.8. The fraction of sp³-hybridized carbons (Fsp3) is 0.448. The summed E-state index contributed by atoms with van der Waals surface area (Å²) in [5, 5.41) is 12.1. The summed E-state index contributed by atoms with van der Waals surface area (Å²) in [5.41, 5.74) is 2.96. The molecule has 3 amide bonds. The highest BCUT2D eigenvalue weighted by Crippen LogP contribution is 2.35. The van der Waals surface area contributed by atoms with Crippen molar-refractivity contribution in [3.63, 3.8) is 0 Å². The Morgan fingerprint density at radius 1 is 1.03 bits per heavy atom. The number of rotatable bonds is 4. The van der Waals surface area contributed by atoms with E-state index in [0.717, 1.165) is 24.7 Å². The van der Waals surface area contributed by atoms with Crippen molar-refractivity contribution in [2.45, 2.75) is 69.5 Å². The van der Waals surface area contributed by atoms with E-state index in [1.54, 1.807) is 6.07 Å². The monoisotopic (exact) mass is 552 g/mol. The Balaban J connectivity index is 0.000000158. The lowest BCUT2D eigenvalue weighted by Gasteiger charge is -2.46. The summed E-state index contributed by atoms with van der Waals surface area (Å²) < 4.78 is 12.1. The van der Waals surface area contributed by atoms with Gasteiger partial charge in [-0.15, -0.1) is 0 Å². The third-order valence-corrected chi connectivity index (χ3v) is 8.40. The standard InChI is InChI=1S/C16H19ClN2.C13H11FN2O4/c17-14-6-7-16(12(8-14)9-18)13-10-19(11-13)15-4-2-1-3-5-15;14-20-8-1-2-9-7(5-8)6-16(13(9)19)10-3-4-11(17)15-12(10)18/h6-8,13,15H,1-5,10-11H2;1-2,5,10H,3-4,6H2,(H,15,17,18). The number of fused-ring (bicyclic) bond motifs is 1. The Morgan fingerprint density at radius 2 is 1.79 bits per heavy atom. The van der Waals surface area contributed by atoms with E-state index >= 15 is 0 Å². The number of hydrogen-bond donors (Lipinski definition) is 1. The van der Waals surface area contributed by atoms with Gasteiger partial charge in [-0.25, -0.2) is 0 Å². The lowest BCUT2D eigenvalue weighted by Crippen LogP contribution is -2.52. The number of amides is 3. The number of hydrogen-bond acceptors (Lipinski definition) is 6. The largest absolute Gasteiger partial charge is 0.322 e. The van der Waals surface area contributed by atoms with Gasteiger partial charge in [0.25, 0.3) is 5.91 Å². The minimum atomic E-state index is -0.664. The molecule has 0 bridgehead atoms. The zero-order valence-electron chi connectivity index (χ0n) is 21.5. The first kappa shape index (κ1) is 27.1. The maximum atomic E-state index is 12.2. The molecule has 39 heavy (non-hydrogen) atoms. The van der Waals surface area contributed by atoms with Gasteiger partial charge in [-0.05, 0) is 60.7 Å². The quantitative estimate of drug-likeness (QED) is 0.554. The number of benzene rings is 2. The van der Waals surface area contributed by atoms with Gasteiger partial charge in [0.15, 0.2) is 5.75 Å². The molecule has 6 rings (SSSR count). The van der Waals surface area contributed by atoms with E-state index in [1.807, 2.05) is 12.1 Å². The highest BCUT2D eigenvalue weighted by Gasteiger charge is 2.39. The molecule has 3 heterocycles. The topological polar surface area (TPSA) is 103 Å². The molecular weight excluding hydrogens is 523 g/mol. The molecule has 1 unspecified atom stereocenters. The molecule has 8 nitrogen and oxygen atoms in total. The van der Waals surface area contributed by atoms with Crippen LogP contribution in [0.15, 0.2) is 36.4 Å². The number of nitriles is 1. The molecule has 2 saturated heterocycles. The molecule has 0 radical (unpaired) electrons. The van der Waals surface area contributed by atoms with Gasteiger partial charge in [0.1, 0.15) is 6.04 Å². The number of imide groups is 1. The number of likely N-dealkylation sites (tertiary alicyclic amines) is 1. The maximum absolute atomic E-state index is 12.2. The van der Waals surface area contributed by atoms with E-state index < -0.39 is 11.9 Å². The molecule has 3 aliphatic heterocycles. The average molecular weight is 553 g/mol. The summed E-state index contributed by atoms with van der Waals surface area (Å²) in [6.45, 7) is 2.43. The van der Waals surface area contributed by atoms with Crippen LogP contribution in [-0.4, -0.2) is 52.7 Å². The van der Waals surface area contributed by atoms with Crippen molar-refractivity contribution in [1.82, 2.24) is 15.1 Å². The van der Waals surface area contributed by atoms with Gasteiger partial charge < -0.3 is 4.90 Å². The Kier molecular flexibility index (Phi) is 8.15. The number of nitrogens with zero attached hydrogens (tertiary/aromatic N) is 3. The van der Waals surface area contributed by atoms with Crippen LogP contribution in [0.3, 0.4) is 0 Å². The van der Waals surface area contributed by atoms with Crippen LogP contribution in [0.2, 0.25) is 5.02 Å². The summed E-state index contributed by atoms with van der Waals surface area (Å²) in [4.78, 5) is 42.8. The zero-order chi connectivity index (χ0) is 27.5. The number of nitrogens with one attached hydrogen (secondary N) is 1. The van der Waals surface area contributed by atoms with Crippen molar-refractivity contribution in [3.8, 4) is 11.8 Å². The SMILES string of the molecule is N#Cc1cc(Cl)ccc1C1CN(C2CCCCC2)C1.O=C1CCC(N2Cc3cc(OF)ccc3C2=O)C(=O)N1. The van der Waals surface area contributed by atoms with Crippen molar-refractivity contribution >= 4 is 29.3 Å². The first-order chi connectivity index (χ1) is 18.9. The zero-order valence-corrected chi connectivity index (χ0v) is 22.3. The summed E-state index contributed by atoms with van der Waals surface area (Å²) in [7, 11) is 0. The van der Waals surface area contributed by atoms with Gasteiger partial charge in [-0.1, -0.05) is 36.9 Å². The first-order valence-electron chi connectivity index (χ1n) is 13.4. The number of carbonyl (C=O) groups excluding carboxylic acids is 3. The van der Waals surface area contributed by atoms with Gasteiger partial charge in [0, 0.05) is 53.1 Å². The average Bonchev–Trinajstić information content (AvgIpc) is 3.24. The third-order valence-electron chi connectivity index (χ3n) is 8.16. The van der Waals surface area contributed by atoms with Gasteiger partial charge in [-0.2, -0.15) is 5.26 Å². The van der Waals surface area contributed by atoms with E-state index in [9.17, 15) is 24.2 Å². The van der Waals surface area contributed by atoms with Crippen LogP contribution in [0.5, 0.6) is 5.75 Å². The second-order valence-corrected chi connectivity index (χ2v) is 11.0. The van der Waals surface area contributed by atoms with Crippen LogP contribution < -0.4 is 10.3 Å². The van der Waals surface area contributed by atoms with Crippen molar-refractivity contribution in [3.05, 3.63) is 63.7 Å². The normalized spacial score (nSPS) is 21.8. The van der Waals surface area contributed by atoms with Crippen LogP contribution in [0.1, 0.15) is 77.9 Å². The second kappa shape index (κ2) is 11.7. The molecule has 2 aromatic carbocycles. The molecule has 0 spiro atoms. The van der Waals surface area contributed by atoms with Crippen LogP contribution in [-0.2, 0) is 16.1 Å². The van der Waals surface area contributed by atoms with Crippen LogP contribution >= 0.6 is 11.6 Å². The van der Waals surface area contributed by atoms with Crippen LogP contribution in [0, 0.1) is 11.3 Å². The summed E-state index contributed by atoms with van der Waals surface area (Å²) in [6.07, 6.45) is 7.40. The summed E-state index contributed by atoms with van der Waals surface area (Å²) >= 11 is 5.95. The lowest BCUT2D eigenvalue weighted by molar-refractivity contribution is -0.136. The Hall–Kier alpha value is -3.48. The predicted molar refractivity (Wildman–Crippen MR) is 142 cm³/mol. The highest BCUT2D eigenvalue weighted by atomic mass is 35.5. The number of piperidine rings is 1. The van der Waals surface area contributed by atoms with Gasteiger partial charge >= 0.3 is 0 Å². The fourth-order valence-corrected chi connectivity index (χ4v) is 6.21. The van der Waals surface area contributed by atoms with E-state index in [2.05, 4.69) is 21.2 Å². The molecule has 1 N–H and O–H groups in total. The number of carbonyl (C=O) groups is 3. The van der Waals surface area contributed by atoms with Gasteiger partial charge in [0.05, 0.1) is 11.6 Å². The third kappa shape index (κ3) is 5.77. The molecular formula is C29H30ClFN4O4. The van der Waals surface area contributed by atoms with Crippen molar-refractivity contribution in [2.75, 3.05) is 13.1 Å². The molecule has 0 aromatic heterocycles. The molecule has 3 fully saturated rings. The fourth-order valence-electron chi connectivity index (χ4n) is 6.03. The minimum absolute atomic E-state index is 0.0154. The van der Waals surface area contributed by atoms with Crippen molar-refractivity contribution in [1.29, 1.82) is 5.26 Å². The number of halogens is 2. The van der Waals surface area contributed by atoms with E-state index in [-0.39, 0.29) is 30.5 Å². The van der Waals surface area contributed by atoms with Gasteiger partial charge in [0.2, 0.25) is 11.8 Å². The molecule has 1 saturated carbocycles. The Bertz CT molecular complexity index is 1320. The Labute approximate surface area is 231 Å². The van der Waals surface area contributed by atoms with Gasteiger partial charge in [-0.3, -0.25) is 29.5 Å². The summed E-state index contributed by atoms with van der Waals surface area (Å²) in [5.74, 6) is -0.552. The minimum Gasteiger partial charge on any atom is -0.322 e. The maximum Gasteiger partial charge on any atom is 0.255 e. The van der Waals surface area contributed by atoms with E-state index in [4.69, 9.17) is 11.6 Å². The van der Waals surface area contributed by atoms with Crippen molar-refractivity contribution in [2.24, 2.45) is 0 Å². The van der Waals surface area contributed by atoms with Crippen molar-refractivity contribution < 1.29 is 23.9 Å². The highest BCUT2D eigenvalue weighted by molar-refractivity contribution is 6.30. The second-order valence-electron chi connectivity index (χ2n) is 10.6. The lowest BCUT2D eigenvalue weighted by atomic mass is 9.84. The molecule has 204 valence electrons. The molecule has 4 aliphatic rings. The molecule has 1 aliphatic carbocycles. The van der Waals surface area contributed by atoms with E-state index in [0.29, 0.717) is 28.5 Å². The molecule has 1 atom stereocenters.